The maximum Gasteiger partial charge on any atom is 0.141 e. The van der Waals surface area contributed by atoms with Crippen molar-refractivity contribution in [3.8, 4) is 11.5 Å². The molecule has 0 fully saturated rings. The first-order valence-corrected chi connectivity index (χ1v) is 8.43. The Kier molecular flexibility index (Phi) is 3.23. The van der Waals surface area contributed by atoms with Crippen LogP contribution < -0.4 is 0 Å². The quantitative estimate of drug-likeness (QED) is 0.516. The lowest BCUT2D eigenvalue weighted by Gasteiger charge is -2.02. The summed E-state index contributed by atoms with van der Waals surface area (Å²) in [5.41, 5.74) is 3.89. The Morgan fingerprint density at radius 1 is 1.54 bits per heavy atom. The predicted octanol–water partition coefficient (Wildman–Crippen LogP) is 2.84. The summed E-state index contributed by atoms with van der Waals surface area (Å²) >= 11 is 1.33. The van der Waals surface area contributed by atoms with Gasteiger partial charge in [0.05, 0.1) is 0 Å². The second kappa shape index (κ2) is 4.03. The SMILES string of the molecule is C[Si](C)(C)C#Cc1csc(CF)n1. The van der Waals surface area contributed by atoms with Crippen molar-refractivity contribution < 1.29 is 4.39 Å². The van der Waals surface area contributed by atoms with Gasteiger partial charge in [-0.1, -0.05) is 25.6 Å². The van der Waals surface area contributed by atoms with Crippen molar-refractivity contribution in [3.63, 3.8) is 0 Å². The van der Waals surface area contributed by atoms with E-state index in [1.54, 1.807) is 0 Å². The smallest absolute Gasteiger partial charge is 0.141 e. The molecule has 0 radical (unpaired) electrons. The number of nitrogens with zero attached hydrogens (tertiary/aromatic N) is 1. The molecule has 1 heterocycles. The molecule has 1 aromatic rings. The second-order valence-corrected chi connectivity index (χ2v) is 9.45. The normalized spacial score (nSPS) is 10.8. The molecule has 0 aliphatic carbocycles. The van der Waals surface area contributed by atoms with Crippen molar-refractivity contribution in [2.75, 3.05) is 0 Å². The highest BCUT2D eigenvalue weighted by atomic mass is 32.1. The zero-order valence-corrected chi connectivity index (χ0v) is 9.83. The molecule has 0 atom stereocenters. The summed E-state index contributed by atoms with van der Waals surface area (Å²) in [6.07, 6.45) is 0. The van der Waals surface area contributed by atoms with E-state index in [4.69, 9.17) is 0 Å². The molecule has 0 aromatic carbocycles. The molecule has 4 heteroatoms. The van der Waals surface area contributed by atoms with Crippen molar-refractivity contribution in [2.45, 2.75) is 26.3 Å². The third-order valence-electron chi connectivity index (χ3n) is 1.23. The maximum atomic E-state index is 12.1. The van der Waals surface area contributed by atoms with Gasteiger partial charge in [0, 0.05) is 5.38 Å². The molecule has 1 nitrogen and oxygen atoms in total. The minimum atomic E-state index is -1.33. The highest BCUT2D eigenvalue weighted by molar-refractivity contribution is 7.09. The van der Waals surface area contributed by atoms with Crippen LogP contribution in [0.2, 0.25) is 19.6 Å². The van der Waals surface area contributed by atoms with Gasteiger partial charge < -0.3 is 0 Å². The minimum Gasteiger partial charge on any atom is -0.243 e. The van der Waals surface area contributed by atoms with E-state index in [1.807, 2.05) is 5.38 Å². The molecular formula is C9H12FNSSi. The van der Waals surface area contributed by atoms with Crippen LogP contribution in [0.25, 0.3) is 0 Å². The van der Waals surface area contributed by atoms with E-state index in [9.17, 15) is 4.39 Å². The van der Waals surface area contributed by atoms with Crippen molar-refractivity contribution in [3.05, 3.63) is 16.1 Å². The van der Waals surface area contributed by atoms with E-state index in [0.717, 1.165) is 0 Å². The molecule has 0 saturated heterocycles. The van der Waals surface area contributed by atoms with Gasteiger partial charge in [0.15, 0.2) is 0 Å². The van der Waals surface area contributed by atoms with E-state index >= 15 is 0 Å². The van der Waals surface area contributed by atoms with Crippen LogP contribution in [0.15, 0.2) is 5.38 Å². The molecule has 70 valence electrons. The first kappa shape index (κ1) is 10.4. The van der Waals surface area contributed by atoms with Crippen molar-refractivity contribution in [2.24, 2.45) is 0 Å². The summed E-state index contributed by atoms with van der Waals surface area (Å²) in [7, 11) is -1.33. The van der Waals surface area contributed by atoms with Crippen LogP contribution in [0.3, 0.4) is 0 Å². The highest BCUT2D eigenvalue weighted by Gasteiger charge is 2.07. The molecule has 0 aliphatic rings. The molecule has 0 spiro atoms. The number of halogens is 1. The van der Waals surface area contributed by atoms with Gasteiger partial charge in [-0.3, -0.25) is 0 Å². The van der Waals surface area contributed by atoms with Crippen molar-refractivity contribution in [1.82, 2.24) is 4.98 Å². The van der Waals surface area contributed by atoms with E-state index in [0.29, 0.717) is 10.7 Å². The molecule has 1 aromatic heterocycles. The first-order chi connectivity index (χ1) is 6.01. The molecule has 0 amide bonds. The average Bonchev–Trinajstić information content (AvgIpc) is 2.47. The molecule has 13 heavy (non-hydrogen) atoms. The maximum absolute atomic E-state index is 12.1. The second-order valence-electron chi connectivity index (χ2n) is 3.76. The zero-order chi connectivity index (χ0) is 9.90. The summed E-state index contributed by atoms with van der Waals surface area (Å²) in [5, 5.41) is 2.32. The van der Waals surface area contributed by atoms with E-state index in [2.05, 4.69) is 36.1 Å². The summed E-state index contributed by atoms with van der Waals surface area (Å²) in [5.74, 6) is 2.98. The topological polar surface area (TPSA) is 12.9 Å². The molecule has 0 aliphatic heterocycles. The minimum absolute atomic E-state index is 0.487. The lowest BCUT2D eigenvalue weighted by Crippen LogP contribution is -2.16. The Bertz CT molecular complexity index is 342. The van der Waals surface area contributed by atoms with E-state index < -0.39 is 14.7 Å². The first-order valence-electron chi connectivity index (χ1n) is 4.05. The number of rotatable bonds is 1. The average molecular weight is 213 g/mol. The summed E-state index contributed by atoms with van der Waals surface area (Å²) in [6, 6.07) is 0. The van der Waals surface area contributed by atoms with Gasteiger partial charge >= 0.3 is 0 Å². The lowest BCUT2D eigenvalue weighted by atomic mass is 10.5. The summed E-state index contributed by atoms with van der Waals surface area (Å²) < 4.78 is 12.1. The molecule has 1 rings (SSSR count). The van der Waals surface area contributed by atoms with Crippen LogP contribution in [-0.4, -0.2) is 13.1 Å². The van der Waals surface area contributed by atoms with Gasteiger partial charge in [-0.05, 0) is 0 Å². The van der Waals surface area contributed by atoms with Crippen LogP contribution in [0, 0.1) is 11.5 Å². The van der Waals surface area contributed by atoms with Crippen LogP contribution in [0.4, 0.5) is 4.39 Å². The molecule has 0 saturated carbocycles. The van der Waals surface area contributed by atoms with Crippen molar-refractivity contribution >= 4 is 19.4 Å². The Balaban J connectivity index is 2.78. The fourth-order valence-electron chi connectivity index (χ4n) is 0.681. The van der Waals surface area contributed by atoms with E-state index in [-0.39, 0.29) is 0 Å². The zero-order valence-electron chi connectivity index (χ0n) is 8.02. The molecular weight excluding hydrogens is 201 g/mol. The number of thiazole rings is 1. The third kappa shape index (κ3) is 3.70. The predicted molar refractivity (Wildman–Crippen MR) is 57.2 cm³/mol. The summed E-state index contributed by atoms with van der Waals surface area (Å²) in [4.78, 5) is 4.02. The Morgan fingerprint density at radius 2 is 2.23 bits per heavy atom. The third-order valence-corrected chi connectivity index (χ3v) is 2.92. The molecule has 0 bridgehead atoms. The molecule has 0 N–H and O–H groups in total. The monoisotopic (exact) mass is 213 g/mol. The number of alkyl halides is 1. The number of hydrogen-bond donors (Lipinski definition) is 0. The van der Waals surface area contributed by atoms with Crippen molar-refractivity contribution in [1.29, 1.82) is 0 Å². The Morgan fingerprint density at radius 3 is 2.69 bits per heavy atom. The van der Waals surface area contributed by atoms with Gasteiger partial charge in [-0.15, -0.1) is 16.9 Å². The van der Waals surface area contributed by atoms with Gasteiger partial charge in [-0.25, -0.2) is 9.37 Å². The van der Waals surface area contributed by atoms with Gasteiger partial charge in [0.25, 0.3) is 0 Å². The largest absolute Gasteiger partial charge is 0.243 e. The van der Waals surface area contributed by atoms with Gasteiger partial charge in [0.2, 0.25) is 0 Å². The Labute approximate surface area is 83.0 Å². The fraction of sp³-hybridized carbons (Fsp3) is 0.444. The van der Waals surface area contributed by atoms with Gasteiger partial charge in [-0.2, -0.15) is 0 Å². The summed E-state index contributed by atoms with van der Waals surface area (Å²) in [6.45, 7) is 6.02. The van der Waals surface area contributed by atoms with Crippen LogP contribution in [0.5, 0.6) is 0 Å². The van der Waals surface area contributed by atoms with Crippen LogP contribution in [0.1, 0.15) is 10.7 Å². The number of hydrogen-bond acceptors (Lipinski definition) is 2. The van der Waals surface area contributed by atoms with Crippen LogP contribution in [-0.2, 0) is 6.67 Å². The van der Waals surface area contributed by atoms with E-state index in [1.165, 1.54) is 11.3 Å². The standard InChI is InChI=1S/C9H12FNSSi/c1-13(2,3)5-4-8-7-12-9(6-10)11-8/h7H,6H2,1-3H3. The fourth-order valence-corrected chi connectivity index (χ4v) is 1.76. The lowest BCUT2D eigenvalue weighted by molar-refractivity contribution is 0.483. The van der Waals surface area contributed by atoms with Crippen LogP contribution >= 0.6 is 11.3 Å². The molecule has 0 unspecified atom stereocenters. The number of aromatic nitrogens is 1. The Hall–Kier alpha value is -0.663. The van der Waals surface area contributed by atoms with Gasteiger partial charge in [0.1, 0.15) is 25.5 Å². The highest BCUT2D eigenvalue weighted by Crippen LogP contribution is 2.10.